The van der Waals surface area contributed by atoms with E-state index in [0.717, 1.165) is 33.2 Å². The van der Waals surface area contributed by atoms with E-state index in [1.165, 1.54) is 15.6 Å². The van der Waals surface area contributed by atoms with Gasteiger partial charge in [0.2, 0.25) is 5.91 Å². The molecule has 0 radical (unpaired) electrons. The minimum absolute atomic E-state index is 0.259. The van der Waals surface area contributed by atoms with Crippen molar-refractivity contribution in [2.24, 2.45) is 0 Å². The zero-order valence-corrected chi connectivity index (χ0v) is 19.6. The maximum atomic E-state index is 13.0. The monoisotopic (exact) mass is 477 g/mol. The van der Waals surface area contributed by atoms with Gasteiger partial charge in [-0.3, -0.25) is 4.79 Å². The molecule has 0 saturated carbocycles. The Bertz CT molecular complexity index is 1160. The molecule has 1 aliphatic rings. The van der Waals surface area contributed by atoms with E-state index >= 15 is 0 Å². The van der Waals surface area contributed by atoms with Gasteiger partial charge in [-0.1, -0.05) is 6.07 Å². The van der Waals surface area contributed by atoms with Crippen LogP contribution in [-0.2, 0) is 14.8 Å². The Morgan fingerprint density at radius 3 is 2.74 bits per heavy atom. The lowest BCUT2D eigenvalue weighted by Crippen LogP contribution is -2.42. The van der Waals surface area contributed by atoms with Crippen molar-refractivity contribution >= 4 is 43.7 Å². The van der Waals surface area contributed by atoms with Crippen molar-refractivity contribution in [3.8, 4) is 17.0 Å². The number of hydrogen-bond acceptors (Lipinski definition) is 7. The maximum absolute atomic E-state index is 13.0. The van der Waals surface area contributed by atoms with Gasteiger partial charge in [-0.05, 0) is 62.4 Å². The molecule has 0 bridgehead atoms. The molecular weight excluding hydrogens is 454 g/mol. The van der Waals surface area contributed by atoms with E-state index in [1.807, 2.05) is 38.1 Å². The standard InChI is InChI=1S/C21H23N3O4S3/c1-3-28-16-10-8-15(9-11-16)19-14(2)30-21(22-19)23-20(25)17-6-4-12-24(17)31(26,27)18-7-5-13-29-18/h5,7-11,13,17H,3-4,6,12H2,1-2H3,(H,22,23,25)/t17-/m1/s1. The lowest BCUT2D eigenvalue weighted by molar-refractivity contribution is -0.119. The number of nitrogens with one attached hydrogen (secondary N) is 1. The number of hydrogen-bond donors (Lipinski definition) is 1. The summed E-state index contributed by atoms with van der Waals surface area (Å²) in [4.78, 5) is 18.5. The summed E-state index contributed by atoms with van der Waals surface area (Å²) < 4.78 is 32.9. The molecule has 1 N–H and O–H groups in total. The first-order valence-corrected chi connectivity index (χ1v) is 13.1. The van der Waals surface area contributed by atoms with Crippen LogP contribution >= 0.6 is 22.7 Å². The molecule has 1 atom stereocenters. The molecule has 1 aliphatic heterocycles. The minimum Gasteiger partial charge on any atom is -0.494 e. The summed E-state index contributed by atoms with van der Waals surface area (Å²) in [6.07, 6.45) is 1.14. The lowest BCUT2D eigenvalue weighted by atomic mass is 10.1. The molecule has 2 aromatic heterocycles. The quantitative estimate of drug-likeness (QED) is 0.546. The van der Waals surface area contributed by atoms with Crippen LogP contribution in [0.1, 0.15) is 24.6 Å². The molecule has 164 valence electrons. The predicted molar refractivity (Wildman–Crippen MR) is 123 cm³/mol. The van der Waals surface area contributed by atoms with Crippen LogP contribution < -0.4 is 10.1 Å². The van der Waals surface area contributed by atoms with Gasteiger partial charge < -0.3 is 10.1 Å². The number of nitrogens with zero attached hydrogens (tertiary/aromatic N) is 2. The number of amides is 1. The van der Waals surface area contributed by atoms with Gasteiger partial charge in [0.1, 0.15) is 16.0 Å². The summed E-state index contributed by atoms with van der Waals surface area (Å²) in [6.45, 7) is 4.82. The van der Waals surface area contributed by atoms with E-state index in [2.05, 4.69) is 10.3 Å². The number of rotatable bonds is 7. The number of thiophene rings is 1. The van der Waals surface area contributed by atoms with Crippen LogP contribution in [0.3, 0.4) is 0 Å². The Labute approximate surface area is 189 Å². The first-order valence-electron chi connectivity index (χ1n) is 9.97. The summed E-state index contributed by atoms with van der Waals surface area (Å²) in [7, 11) is -3.67. The molecule has 1 saturated heterocycles. The molecule has 1 aromatic carbocycles. The zero-order chi connectivity index (χ0) is 22.0. The third-order valence-electron chi connectivity index (χ3n) is 5.03. The molecule has 4 rings (SSSR count). The van der Waals surface area contributed by atoms with Gasteiger partial charge in [0, 0.05) is 17.0 Å². The third kappa shape index (κ3) is 4.52. The Hall–Kier alpha value is -2.27. The van der Waals surface area contributed by atoms with E-state index in [4.69, 9.17) is 4.74 Å². The smallest absolute Gasteiger partial charge is 0.253 e. The van der Waals surface area contributed by atoms with Crippen molar-refractivity contribution in [1.29, 1.82) is 0 Å². The fourth-order valence-corrected chi connectivity index (χ4v) is 7.21. The number of carbonyl (C=O) groups is 1. The Kier molecular flexibility index (Phi) is 6.42. The first kappa shape index (κ1) is 21.9. The van der Waals surface area contributed by atoms with Gasteiger partial charge in [-0.25, -0.2) is 13.4 Å². The van der Waals surface area contributed by atoms with Crippen LogP contribution in [0.5, 0.6) is 5.75 Å². The minimum atomic E-state index is -3.67. The number of aryl methyl sites for hydroxylation is 1. The molecule has 7 nitrogen and oxygen atoms in total. The molecule has 3 aromatic rings. The Balaban J connectivity index is 1.50. The van der Waals surface area contributed by atoms with Crippen LogP contribution in [0.25, 0.3) is 11.3 Å². The van der Waals surface area contributed by atoms with Gasteiger partial charge in [0.05, 0.1) is 12.3 Å². The van der Waals surface area contributed by atoms with E-state index in [9.17, 15) is 13.2 Å². The molecular formula is C21H23N3O4S3. The second-order valence-corrected chi connectivity index (χ2v) is 11.3. The summed E-state index contributed by atoms with van der Waals surface area (Å²) in [5.74, 6) is 0.450. The van der Waals surface area contributed by atoms with Crippen molar-refractivity contribution in [3.05, 3.63) is 46.7 Å². The van der Waals surface area contributed by atoms with E-state index < -0.39 is 16.1 Å². The Morgan fingerprint density at radius 1 is 1.29 bits per heavy atom. The highest BCUT2D eigenvalue weighted by molar-refractivity contribution is 7.91. The van der Waals surface area contributed by atoms with E-state index in [-0.39, 0.29) is 10.1 Å². The molecule has 10 heteroatoms. The number of sulfonamides is 1. The highest BCUT2D eigenvalue weighted by Crippen LogP contribution is 2.33. The molecule has 0 unspecified atom stereocenters. The van der Waals surface area contributed by atoms with Gasteiger partial charge >= 0.3 is 0 Å². The van der Waals surface area contributed by atoms with Gasteiger partial charge in [-0.15, -0.1) is 22.7 Å². The summed E-state index contributed by atoms with van der Waals surface area (Å²) in [6, 6.07) is 10.2. The molecule has 1 amide bonds. The van der Waals surface area contributed by atoms with Crippen LogP contribution in [0.15, 0.2) is 46.0 Å². The van der Waals surface area contributed by atoms with Crippen LogP contribution in [0.2, 0.25) is 0 Å². The van der Waals surface area contributed by atoms with Crippen molar-refractivity contribution in [1.82, 2.24) is 9.29 Å². The second kappa shape index (κ2) is 9.07. The number of thiazole rings is 1. The zero-order valence-electron chi connectivity index (χ0n) is 17.2. The van der Waals surface area contributed by atoms with Crippen molar-refractivity contribution in [3.63, 3.8) is 0 Å². The molecule has 31 heavy (non-hydrogen) atoms. The fraction of sp³-hybridized carbons (Fsp3) is 0.333. The van der Waals surface area contributed by atoms with Crippen LogP contribution in [-0.4, -0.2) is 42.8 Å². The second-order valence-electron chi connectivity index (χ2n) is 7.08. The molecule has 0 aliphatic carbocycles. The predicted octanol–water partition coefficient (Wildman–Crippen LogP) is 4.37. The summed E-state index contributed by atoms with van der Waals surface area (Å²) in [5.41, 5.74) is 1.72. The van der Waals surface area contributed by atoms with E-state index in [0.29, 0.717) is 31.1 Å². The molecule has 3 heterocycles. The van der Waals surface area contributed by atoms with Crippen LogP contribution in [0.4, 0.5) is 5.13 Å². The average Bonchev–Trinajstić information content (AvgIpc) is 3.50. The third-order valence-corrected chi connectivity index (χ3v) is 9.20. The molecule has 1 fully saturated rings. The number of aromatic nitrogens is 1. The topological polar surface area (TPSA) is 88.6 Å². The van der Waals surface area contributed by atoms with Gasteiger partial charge in [0.25, 0.3) is 10.0 Å². The SMILES string of the molecule is CCOc1ccc(-c2nc(NC(=O)[C@H]3CCCN3S(=O)(=O)c3cccs3)sc2C)cc1. The average molecular weight is 478 g/mol. The Morgan fingerprint density at radius 2 is 2.06 bits per heavy atom. The van der Waals surface area contributed by atoms with Crippen molar-refractivity contribution < 1.29 is 17.9 Å². The number of benzene rings is 1. The highest BCUT2D eigenvalue weighted by Gasteiger charge is 2.40. The number of ether oxygens (including phenoxy) is 1. The van der Waals surface area contributed by atoms with Crippen LogP contribution in [0, 0.1) is 6.92 Å². The summed E-state index contributed by atoms with van der Waals surface area (Å²) in [5, 5.41) is 5.02. The van der Waals surface area contributed by atoms with Crippen molar-refractivity contribution in [2.75, 3.05) is 18.5 Å². The van der Waals surface area contributed by atoms with E-state index in [1.54, 1.807) is 17.5 Å². The molecule has 0 spiro atoms. The lowest BCUT2D eigenvalue weighted by Gasteiger charge is -2.22. The summed E-state index contributed by atoms with van der Waals surface area (Å²) >= 11 is 2.54. The van der Waals surface area contributed by atoms with Gasteiger partial charge in [-0.2, -0.15) is 4.31 Å². The fourth-order valence-electron chi connectivity index (χ4n) is 3.60. The highest BCUT2D eigenvalue weighted by atomic mass is 32.2. The first-order chi connectivity index (χ1) is 14.9. The maximum Gasteiger partial charge on any atom is 0.253 e. The number of carbonyl (C=O) groups excluding carboxylic acids is 1. The largest absolute Gasteiger partial charge is 0.494 e. The number of anilines is 1. The normalized spacial score (nSPS) is 17.0. The van der Waals surface area contributed by atoms with Gasteiger partial charge in [0.15, 0.2) is 5.13 Å². The van der Waals surface area contributed by atoms with Crippen molar-refractivity contribution in [2.45, 2.75) is 36.9 Å².